The van der Waals surface area contributed by atoms with Gasteiger partial charge in [-0.3, -0.25) is 9.79 Å². The van der Waals surface area contributed by atoms with Gasteiger partial charge in [0.1, 0.15) is 0 Å². The Hall–Kier alpha value is -1.59. The van der Waals surface area contributed by atoms with Gasteiger partial charge in [-0.25, -0.2) is 0 Å². The Balaban J connectivity index is 2.11. The average molecular weight is 260 g/mol. The average Bonchev–Trinajstić information content (AvgIpc) is 2.85. The SMILES string of the molecule is O=c1[nH]c(S)c(C=C2C=Nc3ccccc32)s1. The third-order valence-corrected chi connectivity index (χ3v) is 3.83. The number of nitrogens with zero attached hydrogens (tertiary/aromatic N) is 1. The second-order valence-electron chi connectivity index (χ2n) is 3.60. The van der Waals surface area contributed by atoms with Crippen molar-refractivity contribution in [3.63, 3.8) is 0 Å². The molecule has 0 spiro atoms. The zero-order valence-corrected chi connectivity index (χ0v) is 10.4. The van der Waals surface area contributed by atoms with E-state index in [-0.39, 0.29) is 4.87 Å². The fourth-order valence-electron chi connectivity index (χ4n) is 1.73. The molecule has 1 N–H and O–H groups in total. The number of thiol groups is 1. The molecule has 3 rings (SSSR count). The quantitative estimate of drug-likeness (QED) is 0.761. The molecule has 3 nitrogen and oxygen atoms in total. The van der Waals surface area contributed by atoms with Gasteiger partial charge in [-0.1, -0.05) is 29.5 Å². The standard InChI is InChI=1S/C12H8N2OS2/c15-12-14-11(16)10(17-12)5-7-6-13-9-4-2-1-3-8(7)9/h1-6,16H,(H,14,15). The van der Waals surface area contributed by atoms with Gasteiger partial charge < -0.3 is 4.98 Å². The highest BCUT2D eigenvalue weighted by Gasteiger charge is 2.12. The van der Waals surface area contributed by atoms with Crippen LogP contribution in [0.25, 0.3) is 11.6 Å². The van der Waals surface area contributed by atoms with Gasteiger partial charge in [-0.15, -0.1) is 12.6 Å². The van der Waals surface area contributed by atoms with Gasteiger partial charge in [0.2, 0.25) is 0 Å². The van der Waals surface area contributed by atoms with Crippen molar-refractivity contribution in [2.24, 2.45) is 4.99 Å². The van der Waals surface area contributed by atoms with E-state index in [0.717, 1.165) is 33.0 Å². The molecule has 5 heteroatoms. The van der Waals surface area contributed by atoms with Gasteiger partial charge in [0.25, 0.3) is 0 Å². The van der Waals surface area contributed by atoms with E-state index in [1.54, 1.807) is 0 Å². The van der Waals surface area contributed by atoms with Crippen LogP contribution in [0.3, 0.4) is 0 Å². The van der Waals surface area contributed by atoms with E-state index >= 15 is 0 Å². The van der Waals surface area contributed by atoms with E-state index < -0.39 is 0 Å². The van der Waals surface area contributed by atoms with Crippen LogP contribution in [0, 0.1) is 0 Å². The molecule has 0 bridgehead atoms. The molecule has 17 heavy (non-hydrogen) atoms. The summed E-state index contributed by atoms with van der Waals surface area (Å²) in [4.78, 5) is 18.9. The molecule has 0 fully saturated rings. The number of aromatic amines is 1. The molecule has 0 saturated carbocycles. The second kappa shape index (κ2) is 4.01. The number of hydrogen-bond donors (Lipinski definition) is 2. The summed E-state index contributed by atoms with van der Waals surface area (Å²) >= 11 is 5.38. The number of hydrogen-bond acceptors (Lipinski definition) is 4. The topological polar surface area (TPSA) is 45.2 Å². The summed E-state index contributed by atoms with van der Waals surface area (Å²) < 4.78 is 0. The van der Waals surface area contributed by atoms with Crippen molar-refractivity contribution in [2.75, 3.05) is 0 Å². The third kappa shape index (κ3) is 1.87. The molecule has 0 aliphatic carbocycles. The van der Waals surface area contributed by atoms with Crippen molar-refractivity contribution < 1.29 is 0 Å². The van der Waals surface area contributed by atoms with Gasteiger partial charge in [0.15, 0.2) is 0 Å². The van der Waals surface area contributed by atoms with Crippen LogP contribution in [0.5, 0.6) is 0 Å². The minimum absolute atomic E-state index is 0.0925. The number of rotatable bonds is 1. The molecule has 1 aliphatic heterocycles. The lowest BCUT2D eigenvalue weighted by atomic mass is 10.1. The molecular weight excluding hydrogens is 252 g/mol. The first-order chi connectivity index (χ1) is 8.24. The van der Waals surface area contributed by atoms with E-state index in [2.05, 4.69) is 22.6 Å². The van der Waals surface area contributed by atoms with Crippen molar-refractivity contribution in [1.29, 1.82) is 0 Å². The number of nitrogens with one attached hydrogen (secondary N) is 1. The molecule has 0 unspecified atom stereocenters. The zero-order chi connectivity index (χ0) is 11.8. The number of para-hydroxylation sites is 1. The van der Waals surface area contributed by atoms with E-state index in [0.29, 0.717) is 5.03 Å². The summed E-state index contributed by atoms with van der Waals surface area (Å²) in [5, 5.41) is 0.602. The lowest BCUT2D eigenvalue weighted by molar-refractivity contribution is 1.16. The molecule has 2 aromatic rings. The molecule has 1 aliphatic rings. The monoisotopic (exact) mass is 260 g/mol. The fourth-order valence-corrected chi connectivity index (χ4v) is 2.79. The van der Waals surface area contributed by atoms with Gasteiger partial charge in [0.05, 0.1) is 15.6 Å². The third-order valence-electron chi connectivity index (χ3n) is 2.50. The van der Waals surface area contributed by atoms with Crippen molar-refractivity contribution in [2.45, 2.75) is 5.03 Å². The molecule has 1 aromatic heterocycles. The zero-order valence-electron chi connectivity index (χ0n) is 8.68. The minimum atomic E-state index is -0.0925. The van der Waals surface area contributed by atoms with Crippen LogP contribution >= 0.6 is 24.0 Å². The molecule has 0 saturated heterocycles. The second-order valence-corrected chi connectivity index (χ2v) is 5.06. The first-order valence-corrected chi connectivity index (χ1v) is 6.27. The summed E-state index contributed by atoms with van der Waals surface area (Å²) in [6.45, 7) is 0. The van der Waals surface area contributed by atoms with Gasteiger partial charge >= 0.3 is 4.87 Å². The first kappa shape index (κ1) is 10.6. The minimum Gasteiger partial charge on any atom is -0.307 e. The normalized spacial score (nSPS) is 15.5. The van der Waals surface area contributed by atoms with Crippen LogP contribution in [0.2, 0.25) is 0 Å². The van der Waals surface area contributed by atoms with E-state index in [1.165, 1.54) is 0 Å². The highest BCUT2D eigenvalue weighted by molar-refractivity contribution is 7.80. The highest BCUT2D eigenvalue weighted by atomic mass is 32.1. The van der Waals surface area contributed by atoms with Crippen LogP contribution < -0.4 is 4.87 Å². The Morgan fingerprint density at radius 3 is 2.94 bits per heavy atom. The Bertz CT molecular complexity index is 695. The van der Waals surface area contributed by atoms with Gasteiger partial charge in [-0.2, -0.15) is 0 Å². The summed E-state index contributed by atoms with van der Waals surface area (Å²) in [6.07, 6.45) is 3.74. The maximum atomic E-state index is 11.2. The number of thiazole rings is 1. The fraction of sp³-hybridized carbons (Fsp3) is 0. The van der Waals surface area contributed by atoms with Gasteiger partial charge in [-0.05, 0) is 12.1 Å². The predicted octanol–water partition coefficient (Wildman–Crippen LogP) is 2.98. The summed E-state index contributed by atoms with van der Waals surface area (Å²) in [6, 6.07) is 7.91. The Morgan fingerprint density at radius 1 is 1.35 bits per heavy atom. The number of allylic oxidation sites excluding steroid dienone is 1. The lowest BCUT2D eigenvalue weighted by Gasteiger charge is -1.97. The molecule has 0 atom stereocenters. The lowest BCUT2D eigenvalue weighted by Crippen LogP contribution is -1.89. The molecular formula is C12H8N2OS2. The number of fused-ring (bicyclic) bond motifs is 1. The van der Waals surface area contributed by atoms with E-state index in [4.69, 9.17) is 0 Å². The first-order valence-electron chi connectivity index (χ1n) is 5.01. The van der Waals surface area contributed by atoms with Crippen LogP contribution in [0.15, 0.2) is 39.1 Å². The van der Waals surface area contributed by atoms with Crippen molar-refractivity contribution in [3.8, 4) is 0 Å². The number of H-pyrrole nitrogens is 1. The molecule has 2 heterocycles. The largest absolute Gasteiger partial charge is 0.307 e. The summed E-state index contributed by atoms with van der Waals surface area (Å²) in [5.41, 5.74) is 3.05. The van der Waals surface area contributed by atoms with E-state index in [9.17, 15) is 4.79 Å². The predicted molar refractivity (Wildman–Crippen MR) is 74.7 cm³/mol. The van der Waals surface area contributed by atoms with Gasteiger partial charge in [0, 0.05) is 17.4 Å². The van der Waals surface area contributed by atoms with Crippen LogP contribution in [0.1, 0.15) is 10.4 Å². The molecule has 0 amide bonds. The molecule has 0 radical (unpaired) electrons. The smallest absolute Gasteiger partial charge is 0.305 e. The van der Waals surface area contributed by atoms with Crippen molar-refractivity contribution >= 4 is 47.5 Å². The molecule has 84 valence electrons. The molecule has 1 aromatic carbocycles. The Morgan fingerprint density at radius 2 is 2.18 bits per heavy atom. The van der Waals surface area contributed by atoms with Crippen molar-refractivity contribution in [3.05, 3.63) is 44.4 Å². The number of benzene rings is 1. The Kier molecular flexibility index (Phi) is 2.49. The van der Waals surface area contributed by atoms with E-state index in [1.807, 2.05) is 36.6 Å². The van der Waals surface area contributed by atoms with Crippen LogP contribution in [0.4, 0.5) is 5.69 Å². The summed E-state index contributed by atoms with van der Waals surface area (Å²) in [5.74, 6) is 0. The van der Waals surface area contributed by atoms with Crippen LogP contribution in [-0.4, -0.2) is 11.2 Å². The van der Waals surface area contributed by atoms with Crippen LogP contribution in [-0.2, 0) is 0 Å². The summed E-state index contributed by atoms with van der Waals surface area (Å²) in [7, 11) is 0. The Labute approximate surface area is 107 Å². The maximum absolute atomic E-state index is 11.2. The highest BCUT2D eigenvalue weighted by Crippen LogP contribution is 2.33. The van der Waals surface area contributed by atoms with Crippen molar-refractivity contribution in [1.82, 2.24) is 4.98 Å². The maximum Gasteiger partial charge on any atom is 0.305 e. The number of aliphatic imine (C=N–C) groups is 1. The number of aromatic nitrogens is 1.